The van der Waals surface area contributed by atoms with Crippen molar-refractivity contribution in [1.29, 1.82) is 0 Å². The summed E-state index contributed by atoms with van der Waals surface area (Å²) in [6.45, 7) is 2.15. The highest BCUT2D eigenvalue weighted by molar-refractivity contribution is 7.21. The van der Waals surface area contributed by atoms with E-state index in [1.165, 1.54) is 5.56 Å². The molecule has 0 spiro atoms. The van der Waals surface area contributed by atoms with Gasteiger partial charge >= 0.3 is 0 Å². The summed E-state index contributed by atoms with van der Waals surface area (Å²) in [7, 11) is 5.83. The van der Waals surface area contributed by atoms with Crippen molar-refractivity contribution in [2.24, 2.45) is 7.05 Å². The molecule has 0 amide bonds. The number of rotatable bonds is 4. The normalized spacial score (nSPS) is 12.8. The Hall–Kier alpha value is -2.51. The number of thiazole rings is 1. The molecule has 128 valence electrons. The van der Waals surface area contributed by atoms with Gasteiger partial charge in [0, 0.05) is 25.7 Å². The summed E-state index contributed by atoms with van der Waals surface area (Å²) in [5.74, 6) is 0.788. The molecular weight excluding hydrogens is 332 g/mol. The molecule has 4 rings (SSSR count). The van der Waals surface area contributed by atoms with Crippen LogP contribution in [-0.2, 0) is 7.05 Å². The second kappa shape index (κ2) is 6.09. The SMILES string of the molecule is CNc1nc2sc(-c3cccc(C(C)NC)c3)nc2c2c1ncn2C. The number of benzene rings is 1. The van der Waals surface area contributed by atoms with Crippen LogP contribution in [0, 0.1) is 0 Å². The molecular formula is C18H20N6S. The highest BCUT2D eigenvalue weighted by Gasteiger charge is 2.17. The van der Waals surface area contributed by atoms with Gasteiger partial charge < -0.3 is 15.2 Å². The quantitative estimate of drug-likeness (QED) is 0.588. The van der Waals surface area contributed by atoms with Crippen LogP contribution in [0.2, 0.25) is 0 Å². The van der Waals surface area contributed by atoms with E-state index in [0.29, 0.717) is 6.04 Å². The van der Waals surface area contributed by atoms with E-state index < -0.39 is 0 Å². The van der Waals surface area contributed by atoms with Crippen molar-refractivity contribution in [3.8, 4) is 10.6 Å². The summed E-state index contributed by atoms with van der Waals surface area (Å²) < 4.78 is 2.00. The van der Waals surface area contributed by atoms with Gasteiger partial charge in [-0.25, -0.2) is 15.0 Å². The maximum absolute atomic E-state index is 4.89. The van der Waals surface area contributed by atoms with Gasteiger partial charge in [0.25, 0.3) is 0 Å². The van der Waals surface area contributed by atoms with Crippen LogP contribution in [0.4, 0.5) is 5.82 Å². The third kappa shape index (κ3) is 2.56. The molecule has 1 atom stereocenters. The van der Waals surface area contributed by atoms with E-state index in [2.05, 4.69) is 46.8 Å². The van der Waals surface area contributed by atoms with Gasteiger partial charge in [-0.2, -0.15) is 0 Å². The van der Waals surface area contributed by atoms with E-state index >= 15 is 0 Å². The van der Waals surface area contributed by atoms with E-state index in [4.69, 9.17) is 9.97 Å². The zero-order valence-corrected chi connectivity index (χ0v) is 15.5. The van der Waals surface area contributed by atoms with Crippen LogP contribution in [0.1, 0.15) is 18.5 Å². The molecule has 0 aliphatic heterocycles. The first-order valence-corrected chi connectivity index (χ1v) is 9.01. The second-order valence-electron chi connectivity index (χ2n) is 6.07. The maximum Gasteiger partial charge on any atom is 0.155 e. The fraction of sp³-hybridized carbons (Fsp3) is 0.278. The molecule has 0 aliphatic carbocycles. The van der Waals surface area contributed by atoms with Gasteiger partial charge in [-0.1, -0.05) is 29.5 Å². The third-order valence-corrected chi connectivity index (χ3v) is 5.51. The molecule has 1 aromatic carbocycles. The monoisotopic (exact) mass is 352 g/mol. The van der Waals surface area contributed by atoms with Gasteiger partial charge in [0.2, 0.25) is 0 Å². The van der Waals surface area contributed by atoms with Gasteiger partial charge in [-0.15, -0.1) is 0 Å². The number of pyridine rings is 1. The van der Waals surface area contributed by atoms with Gasteiger partial charge in [0.1, 0.15) is 26.4 Å². The Bertz CT molecular complexity index is 1060. The summed E-state index contributed by atoms with van der Waals surface area (Å²) in [6.07, 6.45) is 1.81. The Kier molecular flexibility index (Phi) is 3.89. The van der Waals surface area contributed by atoms with Crippen molar-refractivity contribution in [2.45, 2.75) is 13.0 Å². The van der Waals surface area contributed by atoms with Crippen molar-refractivity contribution in [2.75, 3.05) is 19.4 Å². The van der Waals surface area contributed by atoms with Gasteiger partial charge in [0.15, 0.2) is 5.82 Å². The Morgan fingerprint density at radius 1 is 1.16 bits per heavy atom. The van der Waals surface area contributed by atoms with Crippen LogP contribution in [-0.4, -0.2) is 33.6 Å². The Labute approximate surface area is 149 Å². The standard InChI is InChI=1S/C18H20N6S/c1-10(19-2)11-6-5-7-12(8-11)17-22-14-15-13(21-9-24(15)4)16(20-3)23-18(14)25-17/h5-10,19H,1-4H3,(H,20,23). The molecule has 7 heteroatoms. The minimum atomic E-state index is 0.298. The highest BCUT2D eigenvalue weighted by atomic mass is 32.1. The molecule has 4 aromatic rings. The Balaban J connectivity index is 1.93. The number of nitrogens with one attached hydrogen (secondary N) is 2. The summed E-state index contributed by atoms with van der Waals surface area (Å²) in [6, 6.07) is 8.80. The average molecular weight is 352 g/mol. The van der Waals surface area contributed by atoms with Crippen LogP contribution < -0.4 is 10.6 Å². The molecule has 6 nitrogen and oxygen atoms in total. The fourth-order valence-electron chi connectivity index (χ4n) is 2.98. The third-order valence-electron chi connectivity index (χ3n) is 4.51. The first-order chi connectivity index (χ1) is 12.1. The molecule has 25 heavy (non-hydrogen) atoms. The largest absolute Gasteiger partial charge is 0.371 e. The molecule has 0 aliphatic rings. The molecule has 1 unspecified atom stereocenters. The van der Waals surface area contributed by atoms with Crippen LogP contribution in [0.25, 0.3) is 32.0 Å². The van der Waals surface area contributed by atoms with E-state index in [0.717, 1.165) is 37.8 Å². The molecule has 0 bridgehead atoms. The zero-order valence-electron chi connectivity index (χ0n) is 14.7. The smallest absolute Gasteiger partial charge is 0.155 e. The molecule has 0 saturated carbocycles. The average Bonchev–Trinajstić information content (AvgIpc) is 3.24. The predicted octanol–water partition coefficient (Wildman–Crippen LogP) is 3.57. The first kappa shape index (κ1) is 16.0. The Morgan fingerprint density at radius 2 is 2.00 bits per heavy atom. The molecule has 3 aromatic heterocycles. The van der Waals surface area contributed by atoms with Crippen molar-refractivity contribution in [3.05, 3.63) is 36.2 Å². The van der Waals surface area contributed by atoms with Gasteiger partial charge in [-0.05, 0) is 25.6 Å². The van der Waals surface area contributed by atoms with Crippen molar-refractivity contribution < 1.29 is 0 Å². The fourth-order valence-corrected chi connectivity index (χ4v) is 3.93. The number of hydrogen-bond acceptors (Lipinski definition) is 6. The predicted molar refractivity (Wildman–Crippen MR) is 104 cm³/mol. The van der Waals surface area contributed by atoms with Crippen LogP contribution in [0.15, 0.2) is 30.6 Å². The topological polar surface area (TPSA) is 67.7 Å². The highest BCUT2D eigenvalue weighted by Crippen LogP contribution is 2.35. The molecule has 0 fully saturated rings. The lowest BCUT2D eigenvalue weighted by molar-refractivity contribution is 0.652. The number of aromatic nitrogens is 4. The van der Waals surface area contributed by atoms with Crippen LogP contribution in [0.3, 0.4) is 0 Å². The second-order valence-corrected chi connectivity index (χ2v) is 7.05. The maximum atomic E-state index is 4.89. The minimum Gasteiger partial charge on any atom is -0.371 e. The molecule has 2 N–H and O–H groups in total. The summed E-state index contributed by atoms with van der Waals surface area (Å²) in [5, 5.41) is 7.40. The number of anilines is 1. The molecule has 0 radical (unpaired) electrons. The van der Waals surface area contributed by atoms with Crippen molar-refractivity contribution in [3.63, 3.8) is 0 Å². The molecule has 0 saturated heterocycles. The molecule has 3 heterocycles. The van der Waals surface area contributed by atoms with Gasteiger partial charge in [-0.3, -0.25) is 0 Å². The number of fused-ring (bicyclic) bond motifs is 3. The number of imidazole rings is 1. The lowest BCUT2D eigenvalue weighted by atomic mass is 10.1. The van der Waals surface area contributed by atoms with Crippen LogP contribution in [0.5, 0.6) is 0 Å². The van der Waals surface area contributed by atoms with Crippen molar-refractivity contribution in [1.82, 2.24) is 24.8 Å². The number of hydrogen-bond donors (Lipinski definition) is 2. The van der Waals surface area contributed by atoms with Crippen molar-refractivity contribution >= 4 is 38.5 Å². The Morgan fingerprint density at radius 3 is 2.76 bits per heavy atom. The van der Waals surface area contributed by atoms with Gasteiger partial charge in [0.05, 0.1) is 6.33 Å². The van der Waals surface area contributed by atoms with E-state index in [1.54, 1.807) is 17.7 Å². The minimum absolute atomic E-state index is 0.298. The number of aryl methyl sites for hydroxylation is 1. The van der Waals surface area contributed by atoms with E-state index in [1.807, 2.05) is 25.7 Å². The lowest BCUT2D eigenvalue weighted by Gasteiger charge is -2.11. The lowest BCUT2D eigenvalue weighted by Crippen LogP contribution is -2.12. The van der Waals surface area contributed by atoms with Crippen LogP contribution >= 0.6 is 11.3 Å². The zero-order chi connectivity index (χ0) is 17.6. The summed E-state index contributed by atoms with van der Waals surface area (Å²) >= 11 is 1.61. The first-order valence-electron chi connectivity index (χ1n) is 8.19. The van der Waals surface area contributed by atoms with E-state index in [-0.39, 0.29) is 0 Å². The summed E-state index contributed by atoms with van der Waals surface area (Å²) in [4.78, 5) is 15.0. The number of nitrogens with zero attached hydrogens (tertiary/aromatic N) is 4. The summed E-state index contributed by atoms with van der Waals surface area (Å²) in [5.41, 5.74) is 5.13. The van der Waals surface area contributed by atoms with E-state index in [9.17, 15) is 0 Å².